The van der Waals surface area contributed by atoms with Gasteiger partial charge in [0.1, 0.15) is 5.82 Å². The molecule has 94 valence electrons. The third-order valence-electron chi connectivity index (χ3n) is 3.40. The van der Waals surface area contributed by atoms with Crippen LogP contribution in [0.3, 0.4) is 0 Å². The molecule has 2 N–H and O–H groups in total. The van der Waals surface area contributed by atoms with Crippen molar-refractivity contribution in [1.29, 1.82) is 0 Å². The molecule has 2 nitrogen and oxygen atoms in total. The highest BCUT2D eigenvalue weighted by Gasteiger charge is 2.17. The third-order valence-corrected chi connectivity index (χ3v) is 3.40. The van der Waals surface area contributed by atoms with Crippen LogP contribution in [0.25, 0.3) is 0 Å². The molecule has 1 aliphatic rings. The van der Waals surface area contributed by atoms with Crippen LogP contribution in [0, 0.1) is 5.82 Å². The molecule has 1 aromatic carbocycles. The molecule has 1 aliphatic heterocycles. The molecule has 0 bridgehead atoms. The van der Waals surface area contributed by atoms with Gasteiger partial charge in [-0.05, 0) is 43.5 Å². The summed E-state index contributed by atoms with van der Waals surface area (Å²) in [5, 5.41) is 13.5. The van der Waals surface area contributed by atoms with Crippen LogP contribution in [-0.4, -0.2) is 17.7 Å². The first-order valence-electron chi connectivity index (χ1n) is 6.42. The number of halogens is 1. The van der Waals surface area contributed by atoms with Crippen molar-refractivity contribution < 1.29 is 9.50 Å². The van der Waals surface area contributed by atoms with Crippen molar-refractivity contribution in [3.63, 3.8) is 0 Å². The van der Waals surface area contributed by atoms with Crippen LogP contribution in [-0.2, 0) is 0 Å². The molecule has 2 unspecified atom stereocenters. The molecule has 0 aliphatic carbocycles. The second kappa shape index (κ2) is 6.12. The Labute approximate surface area is 102 Å². The minimum atomic E-state index is -0.568. The third kappa shape index (κ3) is 3.79. The number of aliphatic hydroxyl groups is 1. The monoisotopic (exact) mass is 237 g/mol. The maximum absolute atomic E-state index is 13.0. The van der Waals surface area contributed by atoms with Crippen molar-refractivity contribution in [3.8, 4) is 0 Å². The van der Waals surface area contributed by atoms with Crippen LogP contribution < -0.4 is 5.32 Å². The highest BCUT2D eigenvalue weighted by molar-refractivity contribution is 5.18. The van der Waals surface area contributed by atoms with E-state index < -0.39 is 6.10 Å². The standard InChI is InChI=1S/C14H20FNO/c15-12-6-4-5-11(9-12)14(17)10-13-7-2-1-3-8-16-13/h4-6,9,13-14,16-17H,1-3,7-8,10H2. The predicted molar refractivity (Wildman–Crippen MR) is 66.2 cm³/mol. The Bertz CT molecular complexity index is 348. The molecule has 2 atom stereocenters. The molecule has 0 amide bonds. The quantitative estimate of drug-likeness (QED) is 0.847. The van der Waals surface area contributed by atoms with E-state index in [2.05, 4.69) is 5.32 Å². The SMILES string of the molecule is OC(CC1CCCCCN1)c1cccc(F)c1. The van der Waals surface area contributed by atoms with Gasteiger partial charge in [0.05, 0.1) is 6.10 Å². The largest absolute Gasteiger partial charge is 0.388 e. The second-order valence-electron chi connectivity index (χ2n) is 4.81. The summed E-state index contributed by atoms with van der Waals surface area (Å²) in [6.07, 6.45) is 4.90. The normalized spacial score (nSPS) is 23.1. The predicted octanol–water partition coefficient (Wildman–Crippen LogP) is 2.78. The lowest BCUT2D eigenvalue weighted by atomic mass is 9.99. The van der Waals surface area contributed by atoms with E-state index in [0.717, 1.165) is 13.0 Å². The van der Waals surface area contributed by atoms with Gasteiger partial charge in [-0.2, -0.15) is 0 Å². The number of nitrogens with one attached hydrogen (secondary N) is 1. The summed E-state index contributed by atoms with van der Waals surface area (Å²) in [6.45, 7) is 1.03. The van der Waals surface area contributed by atoms with E-state index in [4.69, 9.17) is 0 Å². The summed E-state index contributed by atoms with van der Waals surface area (Å²) >= 11 is 0. The lowest BCUT2D eigenvalue weighted by molar-refractivity contribution is 0.150. The molecule has 17 heavy (non-hydrogen) atoms. The molecular weight excluding hydrogens is 217 g/mol. The summed E-state index contributed by atoms with van der Waals surface area (Å²) in [5.41, 5.74) is 0.677. The van der Waals surface area contributed by atoms with E-state index in [1.54, 1.807) is 12.1 Å². The van der Waals surface area contributed by atoms with Gasteiger partial charge >= 0.3 is 0 Å². The Morgan fingerprint density at radius 2 is 2.24 bits per heavy atom. The zero-order valence-corrected chi connectivity index (χ0v) is 10.0. The van der Waals surface area contributed by atoms with Gasteiger partial charge in [0.25, 0.3) is 0 Å². The van der Waals surface area contributed by atoms with Crippen LogP contribution in [0.5, 0.6) is 0 Å². The Morgan fingerprint density at radius 3 is 3.06 bits per heavy atom. The molecule has 1 heterocycles. The molecule has 2 rings (SSSR count). The van der Waals surface area contributed by atoms with Gasteiger partial charge < -0.3 is 10.4 Å². The van der Waals surface area contributed by atoms with Crippen molar-refractivity contribution in [3.05, 3.63) is 35.6 Å². The van der Waals surface area contributed by atoms with Gasteiger partial charge in [0.15, 0.2) is 0 Å². The maximum Gasteiger partial charge on any atom is 0.123 e. The van der Waals surface area contributed by atoms with Crippen molar-refractivity contribution >= 4 is 0 Å². The van der Waals surface area contributed by atoms with Crippen molar-refractivity contribution in [1.82, 2.24) is 5.32 Å². The number of aliphatic hydroxyl groups excluding tert-OH is 1. The van der Waals surface area contributed by atoms with Gasteiger partial charge in [-0.25, -0.2) is 4.39 Å². The number of hydrogen-bond acceptors (Lipinski definition) is 2. The molecule has 0 aromatic heterocycles. The molecule has 1 aromatic rings. The van der Waals surface area contributed by atoms with E-state index in [1.807, 2.05) is 0 Å². The van der Waals surface area contributed by atoms with Crippen molar-refractivity contribution in [2.75, 3.05) is 6.54 Å². The number of rotatable bonds is 3. The van der Waals surface area contributed by atoms with Crippen LogP contribution in [0.1, 0.15) is 43.8 Å². The van der Waals surface area contributed by atoms with Crippen LogP contribution in [0.2, 0.25) is 0 Å². The Kier molecular flexibility index (Phi) is 4.51. The molecule has 1 fully saturated rings. The number of hydrogen-bond donors (Lipinski definition) is 2. The minimum Gasteiger partial charge on any atom is -0.388 e. The summed E-state index contributed by atoms with van der Waals surface area (Å²) in [5.74, 6) is -0.282. The van der Waals surface area contributed by atoms with Crippen molar-refractivity contribution in [2.24, 2.45) is 0 Å². The van der Waals surface area contributed by atoms with Gasteiger partial charge in [0.2, 0.25) is 0 Å². The molecule has 0 radical (unpaired) electrons. The van der Waals surface area contributed by atoms with E-state index in [9.17, 15) is 9.50 Å². The molecule has 0 spiro atoms. The van der Waals surface area contributed by atoms with Crippen LogP contribution in [0.4, 0.5) is 4.39 Å². The Morgan fingerprint density at radius 1 is 1.35 bits per heavy atom. The summed E-state index contributed by atoms with van der Waals surface area (Å²) in [6, 6.07) is 6.61. The van der Waals surface area contributed by atoms with Gasteiger partial charge in [0, 0.05) is 6.04 Å². The first-order chi connectivity index (χ1) is 8.25. The lowest BCUT2D eigenvalue weighted by Gasteiger charge is -2.20. The van der Waals surface area contributed by atoms with Crippen molar-refractivity contribution in [2.45, 2.75) is 44.2 Å². The Hall–Kier alpha value is -0.930. The fourth-order valence-corrected chi connectivity index (χ4v) is 2.42. The topological polar surface area (TPSA) is 32.3 Å². The highest BCUT2D eigenvalue weighted by Crippen LogP contribution is 2.22. The molecular formula is C14H20FNO. The minimum absolute atomic E-state index is 0.282. The summed E-state index contributed by atoms with van der Waals surface area (Å²) < 4.78 is 13.0. The van der Waals surface area contributed by atoms with Gasteiger partial charge in [-0.1, -0.05) is 25.0 Å². The zero-order valence-electron chi connectivity index (χ0n) is 10.0. The summed E-state index contributed by atoms with van der Waals surface area (Å²) in [7, 11) is 0. The van der Waals surface area contributed by atoms with E-state index in [1.165, 1.54) is 31.4 Å². The van der Waals surface area contributed by atoms with E-state index in [-0.39, 0.29) is 5.82 Å². The smallest absolute Gasteiger partial charge is 0.123 e. The Balaban J connectivity index is 1.93. The van der Waals surface area contributed by atoms with E-state index in [0.29, 0.717) is 18.0 Å². The second-order valence-corrected chi connectivity index (χ2v) is 4.81. The summed E-state index contributed by atoms with van der Waals surface area (Å²) in [4.78, 5) is 0. The zero-order chi connectivity index (χ0) is 12.1. The van der Waals surface area contributed by atoms with Gasteiger partial charge in [-0.15, -0.1) is 0 Å². The fourth-order valence-electron chi connectivity index (χ4n) is 2.42. The molecule has 0 saturated carbocycles. The van der Waals surface area contributed by atoms with Gasteiger partial charge in [-0.3, -0.25) is 0 Å². The molecule has 1 saturated heterocycles. The number of benzene rings is 1. The molecule has 3 heteroatoms. The van der Waals surface area contributed by atoms with Crippen LogP contribution >= 0.6 is 0 Å². The maximum atomic E-state index is 13.0. The first kappa shape index (κ1) is 12.5. The van der Waals surface area contributed by atoms with E-state index >= 15 is 0 Å². The first-order valence-corrected chi connectivity index (χ1v) is 6.42. The highest BCUT2D eigenvalue weighted by atomic mass is 19.1. The average molecular weight is 237 g/mol. The van der Waals surface area contributed by atoms with Crippen LogP contribution in [0.15, 0.2) is 24.3 Å². The average Bonchev–Trinajstić information content (AvgIpc) is 2.57. The fraction of sp³-hybridized carbons (Fsp3) is 0.571. The lowest BCUT2D eigenvalue weighted by Crippen LogP contribution is -2.29.